The van der Waals surface area contributed by atoms with Crippen molar-refractivity contribution in [1.82, 2.24) is 10.6 Å². The molecule has 0 aliphatic carbocycles. The van der Waals surface area contributed by atoms with E-state index < -0.39 is 0 Å². The van der Waals surface area contributed by atoms with Gasteiger partial charge in [-0.3, -0.25) is 4.79 Å². The molecule has 1 rings (SSSR count). The van der Waals surface area contributed by atoms with E-state index in [0.29, 0.717) is 13.1 Å². The Morgan fingerprint density at radius 2 is 2.20 bits per heavy atom. The van der Waals surface area contributed by atoms with Crippen LogP contribution < -0.4 is 10.6 Å². The summed E-state index contributed by atoms with van der Waals surface area (Å²) < 4.78 is 0. The molecule has 0 aliphatic heterocycles. The molecule has 0 saturated heterocycles. The van der Waals surface area contributed by atoms with Crippen molar-refractivity contribution in [2.45, 2.75) is 27.3 Å². The van der Waals surface area contributed by atoms with E-state index in [1.165, 1.54) is 15.3 Å². The Morgan fingerprint density at radius 3 is 2.73 bits per heavy atom. The van der Waals surface area contributed by atoms with Crippen molar-refractivity contribution in [2.24, 2.45) is 0 Å². The molecule has 4 heteroatoms. The number of hydrogen-bond acceptors (Lipinski definition) is 3. The summed E-state index contributed by atoms with van der Waals surface area (Å²) in [4.78, 5) is 13.8. The minimum atomic E-state index is 0.0579. The summed E-state index contributed by atoms with van der Waals surface area (Å²) >= 11 is 1.79. The zero-order chi connectivity index (χ0) is 11.3. The van der Waals surface area contributed by atoms with Crippen LogP contribution in [0, 0.1) is 13.8 Å². The summed E-state index contributed by atoms with van der Waals surface area (Å²) in [6, 6.07) is 2.17. The van der Waals surface area contributed by atoms with E-state index in [-0.39, 0.29) is 5.91 Å². The monoisotopic (exact) mass is 226 g/mol. The second kappa shape index (κ2) is 5.88. The fourth-order valence-corrected chi connectivity index (χ4v) is 2.32. The van der Waals surface area contributed by atoms with Crippen molar-refractivity contribution in [1.29, 1.82) is 0 Å². The molecule has 1 aromatic rings. The van der Waals surface area contributed by atoms with Crippen molar-refractivity contribution in [3.05, 3.63) is 21.4 Å². The van der Waals surface area contributed by atoms with Gasteiger partial charge in [0.15, 0.2) is 0 Å². The summed E-state index contributed by atoms with van der Waals surface area (Å²) in [5.41, 5.74) is 1.33. The normalized spacial score (nSPS) is 10.3. The van der Waals surface area contributed by atoms with E-state index in [4.69, 9.17) is 0 Å². The van der Waals surface area contributed by atoms with Crippen LogP contribution >= 0.6 is 11.3 Å². The van der Waals surface area contributed by atoms with Gasteiger partial charge in [-0.2, -0.15) is 0 Å². The van der Waals surface area contributed by atoms with E-state index in [9.17, 15) is 4.79 Å². The lowest BCUT2D eigenvalue weighted by Crippen LogP contribution is -2.33. The second-order valence-corrected chi connectivity index (χ2v) is 4.85. The maximum Gasteiger partial charge on any atom is 0.233 e. The molecule has 84 valence electrons. The van der Waals surface area contributed by atoms with Gasteiger partial charge < -0.3 is 10.6 Å². The minimum absolute atomic E-state index is 0.0579. The van der Waals surface area contributed by atoms with Crippen LogP contribution in [0.5, 0.6) is 0 Å². The maximum atomic E-state index is 11.1. The Labute approximate surface area is 94.9 Å². The molecule has 0 unspecified atom stereocenters. The van der Waals surface area contributed by atoms with E-state index in [1.54, 1.807) is 11.3 Å². The topological polar surface area (TPSA) is 41.1 Å². The molecule has 1 amide bonds. The third-order valence-electron chi connectivity index (χ3n) is 2.18. The van der Waals surface area contributed by atoms with Crippen LogP contribution in [0.1, 0.15) is 22.2 Å². The van der Waals surface area contributed by atoms with Gasteiger partial charge in [-0.1, -0.05) is 0 Å². The highest BCUT2D eigenvalue weighted by molar-refractivity contribution is 7.12. The maximum absolute atomic E-state index is 11.1. The average Bonchev–Trinajstić information content (AvgIpc) is 2.46. The lowest BCUT2D eigenvalue weighted by atomic mass is 10.3. The van der Waals surface area contributed by atoms with Gasteiger partial charge in [0.05, 0.1) is 6.54 Å². The van der Waals surface area contributed by atoms with Gasteiger partial charge in [-0.15, -0.1) is 11.3 Å². The highest BCUT2D eigenvalue weighted by atomic mass is 32.1. The van der Waals surface area contributed by atoms with Crippen molar-refractivity contribution >= 4 is 17.2 Å². The Morgan fingerprint density at radius 1 is 1.47 bits per heavy atom. The molecule has 0 aromatic carbocycles. The molecule has 0 saturated carbocycles. The van der Waals surface area contributed by atoms with Gasteiger partial charge in [0.2, 0.25) is 5.91 Å². The molecule has 0 aliphatic rings. The van der Waals surface area contributed by atoms with E-state index in [0.717, 1.165) is 6.54 Å². The van der Waals surface area contributed by atoms with Crippen LogP contribution in [0.4, 0.5) is 0 Å². The van der Waals surface area contributed by atoms with Gasteiger partial charge >= 0.3 is 0 Å². The number of hydrogen-bond donors (Lipinski definition) is 2. The highest BCUT2D eigenvalue weighted by Gasteiger charge is 2.02. The molecule has 0 atom stereocenters. The first kappa shape index (κ1) is 12.2. The second-order valence-electron chi connectivity index (χ2n) is 3.51. The Bertz CT molecular complexity index is 314. The number of likely N-dealkylation sites (N-methyl/N-ethyl adjacent to an activating group) is 1. The number of aryl methyl sites for hydroxylation is 2. The van der Waals surface area contributed by atoms with E-state index >= 15 is 0 Å². The van der Waals surface area contributed by atoms with Crippen molar-refractivity contribution in [3.8, 4) is 0 Å². The molecule has 2 N–H and O–H groups in total. The SMILES string of the molecule is CCNC(=O)CNCc1cc(C)c(C)s1. The third kappa shape index (κ3) is 4.01. The van der Waals surface area contributed by atoms with Crippen LogP contribution in [-0.4, -0.2) is 19.0 Å². The minimum Gasteiger partial charge on any atom is -0.355 e. The highest BCUT2D eigenvalue weighted by Crippen LogP contribution is 2.19. The molecule has 15 heavy (non-hydrogen) atoms. The predicted octanol–water partition coefficient (Wildman–Crippen LogP) is 1.59. The number of thiophene rings is 1. The quantitative estimate of drug-likeness (QED) is 0.800. The Balaban J connectivity index is 2.28. The summed E-state index contributed by atoms with van der Waals surface area (Å²) in [5.74, 6) is 0.0579. The standard InChI is InChI=1S/C11H18N2OS/c1-4-13-11(14)7-12-6-10-5-8(2)9(3)15-10/h5,12H,4,6-7H2,1-3H3,(H,13,14). The number of carbonyl (C=O) groups excluding carboxylic acids is 1. The predicted molar refractivity (Wildman–Crippen MR) is 64.2 cm³/mol. The van der Waals surface area contributed by atoms with Gasteiger partial charge in [-0.25, -0.2) is 0 Å². The lowest BCUT2D eigenvalue weighted by Gasteiger charge is -2.02. The summed E-state index contributed by atoms with van der Waals surface area (Å²) in [5, 5.41) is 5.88. The van der Waals surface area contributed by atoms with Gasteiger partial charge in [0.1, 0.15) is 0 Å². The third-order valence-corrected chi connectivity index (χ3v) is 3.33. The molecule has 0 radical (unpaired) electrons. The van der Waals surface area contributed by atoms with Gasteiger partial charge in [0, 0.05) is 22.8 Å². The van der Waals surface area contributed by atoms with Crippen molar-refractivity contribution in [2.75, 3.05) is 13.1 Å². The summed E-state index contributed by atoms with van der Waals surface area (Å²) in [6.07, 6.45) is 0. The zero-order valence-electron chi connectivity index (χ0n) is 9.52. The summed E-state index contributed by atoms with van der Waals surface area (Å²) in [6.45, 7) is 8.01. The molecular weight excluding hydrogens is 208 g/mol. The van der Waals surface area contributed by atoms with Crippen LogP contribution in [0.3, 0.4) is 0 Å². The van der Waals surface area contributed by atoms with Crippen molar-refractivity contribution < 1.29 is 4.79 Å². The number of carbonyl (C=O) groups is 1. The van der Waals surface area contributed by atoms with Gasteiger partial charge in [0.25, 0.3) is 0 Å². The molecular formula is C11H18N2OS. The molecule has 0 spiro atoms. The number of rotatable bonds is 5. The van der Waals surface area contributed by atoms with Crippen LogP contribution in [0.15, 0.2) is 6.07 Å². The Kier molecular flexibility index (Phi) is 4.78. The fraction of sp³-hybridized carbons (Fsp3) is 0.545. The average molecular weight is 226 g/mol. The molecule has 0 fully saturated rings. The summed E-state index contributed by atoms with van der Waals surface area (Å²) in [7, 11) is 0. The van der Waals surface area contributed by atoms with E-state index in [1.807, 2.05) is 6.92 Å². The number of nitrogens with one attached hydrogen (secondary N) is 2. The first-order chi connectivity index (χ1) is 7.13. The van der Waals surface area contributed by atoms with Crippen LogP contribution in [-0.2, 0) is 11.3 Å². The largest absolute Gasteiger partial charge is 0.355 e. The van der Waals surface area contributed by atoms with Crippen molar-refractivity contribution in [3.63, 3.8) is 0 Å². The first-order valence-electron chi connectivity index (χ1n) is 5.16. The van der Waals surface area contributed by atoms with Crippen LogP contribution in [0.2, 0.25) is 0 Å². The smallest absolute Gasteiger partial charge is 0.233 e. The Hall–Kier alpha value is -0.870. The van der Waals surface area contributed by atoms with Gasteiger partial charge in [-0.05, 0) is 32.4 Å². The first-order valence-corrected chi connectivity index (χ1v) is 5.98. The molecule has 3 nitrogen and oxygen atoms in total. The fourth-order valence-electron chi connectivity index (χ4n) is 1.30. The zero-order valence-corrected chi connectivity index (χ0v) is 10.3. The lowest BCUT2D eigenvalue weighted by molar-refractivity contribution is -0.120. The molecule has 0 bridgehead atoms. The van der Waals surface area contributed by atoms with E-state index in [2.05, 4.69) is 30.5 Å². The molecule has 1 aromatic heterocycles. The molecule has 1 heterocycles. The van der Waals surface area contributed by atoms with Crippen LogP contribution in [0.25, 0.3) is 0 Å². The number of amides is 1.